The van der Waals surface area contributed by atoms with E-state index < -0.39 is 0 Å². The van der Waals surface area contributed by atoms with E-state index in [4.69, 9.17) is 0 Å². The Kier molecular flexibility index (Phi) is 3.82. The molecule has 0 saturated heterocycles. The summed E-state index contributed by atoms with van der Waals surface area (Å²) >= 11 is 1.34. The fourth-order valence-corrected chi connectivity index (χ4v) is 2.89. The third-order valence-electron chi connectivity index (χ3n) is 2.57. The average molecular weight is 270 g/mol. The monoisotopic (exact) mass is 270 g/mol. The quantitative estimate of drug-likeness (QED) is 0.784. The van der Waals surface area contributed by atoms with Crippen molar-refractivity contribution in [3.05, 3.63) is 40.3 Å². The van der Waals surface area contributed by atoms with E-state index in [2.05, 4.69) is 21.0 Å². The van der Waals surface area contributed by atoms with Gasteiger partial charge < -0.3 is 0 Å². The van der Waals surface area contributed by atoms with Crippen LogP contribution in [0.2, 0.25) is 0 Å². The minimum Gasteiger partial charge on any atom is -0.245 e. The molecule has 0 bridgehead atoms. The van der Waals surface area contributed by atoms with Crippen molar-refractivity contribution in [1.29, 1.82) is 5.26 Å². The van der Waals surface area contributed by atoms with Gasteiger partial charge in [-0.25, -0.2) is 15.0 Å². The minimum absolute atomic E-state index is 0.596. The maximum Gasteiger partial charge on any atom is 0.194 e. The van der Waals surface area contributed by atoms with Gasteiger partial charge in [-0.15, -0.1) is 0 Å². The van der Waals surface area contributed by atoms with Crippen LogP contribution in [0.25, 0.3) is 0 Å². The lowest BCUT2D eigenvalue weighted by Crippen LogP contribution is -1.97. The lowest BCUT2D eigenvalue weighted by Gasteiger charge is -2.07. The van der Waals surface area contributed by atoms with Crippen LogP contribution in [0.15, 0.2) is 22.3 Å². The third kappa shape index (κ3) is 3.09. The predicted octanol–water partition coefficient (Wildman–Crippen LogP) is 3.13. The van der Waals surface area contributed by atoms with Gasteiger partial charge in [-0.05, 0) is 57.2 Å². The summed E-state index contributed by atoms with van der Waals surface area (Å²) in [5.74, 6) is 0. The van der Waals surface area contributed by atoms with Gasteiger partial charge in [0.1, 0.15) is 11.1 Å². The topological polar surface area (TPSA) is 62.5 Å². The van der Waals surface area contributed by atoms with E-state index in [0.29, 0.717) is 15.7 Å². The highest BCUT2D eigenvalue weighted by Crippen LogP contribution is 2.28. The summed E-state index contributed by atoms with van der Waals surface area (Å²) in [6.45, 7) is 7.69. The first-order valence-corrected chi connectivity index (χ1v) is 6.69. The van der Waals surface area contributed by atoms with Crippen molar-refractivity contribution in [1.82, 2.24) is 15.0 Å². The van der Waals surface area contributed by atoms with Crippen LogP contribution < -0.4 is 0 Å². The van der Waals surface area contributed by atoms with Crippen molar-refractivity contribution in [2.24, 2.45) is 0 Å². The second-order valence-corrected chi connectivity index (χ2v) is 5.36. The highest BCUT2D eigenvalue weighted by atomic mass is 32.2. The Labute approximate surface area is 116 Å². The number of pyridine rings is 1. The zero-order valence-corrected chi connectivity index (χ0v) is 12.2. The molecule has 0 aliphatic heterocycles. The molecular formula is C14H14N4S. The van der Waals surface area contributed by atoms with Crippen molar-refractivity contribution < 1.29 is 0 Å². The summed E-state index contributed by atoms with van der Waals surface area (Å²) < 4.78 is 0. The minimum atomic E-state index is 0.596. The lowest BCUT2D eigenvalue weighted by molar-refractivity contribution is 0.896. The standard InChI is InChI=1S/C14H14N4S/c1-8-5-9(2)16-13(12(8)7-15)19-14-17-10(3)6-11(4)18-14/h5-6H,1-4H3. The molecule has 0 radical (unpaired) electrons. The summed E-state index contributed by atoms with van der Waals surface area (Å²) in [7, 11) is 0. The van der Waals surface area contributed by atoms with Crippen LogP contribution in [-0.4, -0.2) is 15.0 Å². The zero-order chi connectivity index (χ0) is 14.0. The van der Waals surface area contributed by atoms with Gasteiger partial charge in [0.05, 0.1) is 5.56 Å². The smallest absolute Gasteiger partial charge is 0.194 e. The number of hydrogen-bond acceptors (Lipinski definition) is 5. The highest BCUT2D eigenvalue weighted by Gasteiger charge is 2.12. The Morgan fingerprint density at radius 3 is 2.11 bits per heavy atom. The Bertz CT molecular complexity index is 654. The van der Waals surface area contributed by atoms with Crippen LogP contribution in [-0.2, 0) is 0 Å². The molecule has 2 rings (SSSR count). The molecule has 0 N–H and O–H groups in total. The Balaban J connectivity index is 2.46. The molecule has 0 atom stereocenters. The molecule has 19 heavy (non-hydrogen) atoms. The van der Waals surface area contributed by atoms with Crippen LogP contribution in [0.4, 0.5) is 0 Å². The number of nitriles is 1. The lowest BCUT2D eigenvalue weighted by atomic mass is 10.1. The summed E-state index contributed by atoms with van der Waals surface area (Å²) in [4.78, 5) is 13.2. The molecular weight excluding hydrogens is 256 g/mol. The van der Waals surface area contributed by atoms with Crippen LogP contribution in [0.5, 0.6) is 0 Å². The first kappa shape index (κ1) is 13.5. The summed E-state index contributed by atoms with van der Waals surface area (Å²) in [5, 5.41) is 10.5. The van der Waals surface area contributed by atoms with Crippen LogP contribution in [0.3, 0.4) is 0 Å². The van der Waals surface area contributed by atoms with Crippen molar-refractivity contribution >= 4 is 11.8 Å². The van der Waals surface area contributed by atoms with Gasteiger partial charge in [0.2, 0.25) is 0 Å². The van der Waals surface area contributed by atoms with Gasteiger partial charge >= 0.3 is 0 Å². The molecule has 4 nitrogen and oxygen atoms in total. The highest BCUT2D eigenvalue weighted by molar-refractivity contribution is 7.99. The fourth-order valence-electron chi connectivity index (χ4n) is 1.84. The molecule has 2 aromatic rings. The molecule has 0 fully saturated rings. The van der Waals surface area contributed by atoms with E-state index in [1.165, 1.54) is 11.8 Å². The number of hydrogen-bond donors (Lipinski definition) is 0. The molecule has 0 amide bonds. The second kappa shape index (κ2) is 5.37. The molecule has 96 valence electrons. The molecule has 0 saturated carbocycles. The maximum absolute atomic E-state index is 9.23. The molecule has 5 heteroatoms. The molecule has 2 aromatic heterocycles. The second-order valence-electron chi connectivity index (χ2n) is 4.41. The molecule has 0 aromatic carbocycles. The molecule has 0 unspecified atom stereocenters. The molecule has 2 heterocycles. The van der Waals surface area contributed by atoms with Crippen LogP contribution in [0.1, 0.15) is 28.2 Å². The zero-order valence-electron chi connectivity index (χ0n) is 11.4. The summed E-state index contributed by atoms with van der Waals surface area (Å²) in [6.07, 6.45) is 0. The number of aryl methyl sites for hydroxylation is 4. The number of aromatic nitrogens is 3. The predicted molar refractivity (Wildman–Crippen MR) is 74.1 cm³/mol. The van der Waals surface area contributed by atoms with Gasteiger partial charge in [-0.1, -0.05) is 0 Å². The molecule has 0 aliphatic rings. The van der Waals surface area contributed by atoms with Crippen molar-refractivity contribution in [2.45, 2.75) is 37.9 Å². The number of nitrogens with zero attached hydrogens (tertiary/aromatic N) is 4. The largest absolute Gasteiger partial charge is 0.245 e. The fraction of sp³-hybridized carbons (Fsp3) is 0.286. The Hall–Kier alpha value is -1.93. The summed E-state index contributed by atoms with van der Waals surface area (Å²) in [5.41, 5.74) is 4.25. The summed E-state index contributed by atoms with van der Waals surface area (Å²) in [6, 6.07) is 6.03. The normalized spacial score (nSPS) is 10.3. The van der Waals surface area contributed by atoms with E-state index in [9.17, 15) is 5.26 Å². The molecule has 0 spiro atoms. The Morgan fingerprint density at radius 1 is 0.947 bits per heavy atom. The number of rotatable bonds is 2. The van der Waals surface area contributed by atoms with Gasteiger partial charge in [0.15, 0.2) is 5.16 Å². The maximum atomic E-state index is 9.23. The van der Waals surface area contributed by atoms with Gasteiger partial charge in [0.25, 0.3) is 0 Å². The van der Waals surface area contributed by atoms with Crippen molar-refractivity contribution in [3.63, 3.8) is 0 Å². The molecule has 0 aliphatic carbocycles. The van der Waals surface area contributed by atoms with Crippen molar-refractivity contribution in [3.8, 4) is 6.07 Å². The van der Waals surface area contributed by atoms with E-state index >= 15 is 0 Å². The average Bonchev–Trinajstić information content (AvgIpc) is 2.26. The van der Waals surface area contributed by atoms with Gasteiger partial charge in [0, 0.05) is 17.1 Å². The van der Waals surface area contributed by atoms with Crippen molar-refractivity contribution in [2.75, 3.05) is 0 Å². The Morgan fingerprint density at radius 2 is 1.53 bits per heavy atom. The first-order valence-electron chi connectivity index (χ1n) is 5.88. The van der Waals surface area contributed by atoms with E-state index in [0.717, 1.165) is 22.6 Å². The van der Waals surface area contributed by atoms with Gasteiger partial charge in [-0.2, -0.15) is 5.26 Å². The van der Waals surface area contributed by atoms with Crippen LogP contribution in [0, 0.1) is 39.0 Å². The third-order valence-corrected chi connectivity index (χ3v) is 3.43. The SMILES string of the molecule is Cc1cc(C)nc(Sc2nc(C)cc(C)c2C#N)n1. The van der Waals surface area contributed by atoms with Crippen LogP contribution >= 0.6 is 11.8 Å². The van der Waals surface area contributed by atoms with E-state index in [1.807, 2.05) is 39.8 Å². The van der Waals surface area contributed by atoms with E-state index in [-0.39, 0.29) is 0 Å². The first-order chi connectivity index (χ1) is 8.99. The van der Waals surface area contributed by atoms with E-state index in [1.54, 1.807) is 0 Å². The van der Waals surface area contributed by atoms with Gasteiger partial charge in [-0.3, -0.25) is 0 Å².